The zero-order valence-electron chi connectivity index (χ0n) is 20.5. The van der Waals surface area contributed by atoms with Crippen LogP contribution < -0.4 is 14.8 Å². The maximum Gasteiger partial charge on any atom is 0.191 e. The molecule has 1 unspecified atom stereocenters. The second-order valence-electron chi connectivity index (χ2n) is 8.62. The number of anilines is 1. The minimum absolute atomic E-state index is 0. The highest BCUT2D eigenvalue weighted by Gasteiger charge is 2.28. The number of benzene rings is 3. The third-order valence-electron chi connectivity index (χ3n) is 5.86. The minimum Gasteiger partial charge on any atom is -0.497 e. The Balaban J connectivity index is 0.00000400. The standard InChI is InChI=1S/C27H27ClN2O6S.CH4/c1-16-4-6-21-23(15-29-24(21)10-16)27(32)26(22-7-5-17(28)11-25(22)36-9-8-31)30-18-12-19(35-2)14-20(13-18)37(3,33)34;/h4-7,10-15,26,29-31H,8-9H2,1-3H3;1H4. The van der Waals surface area contributed by atoms with Crippen molar-refractivity contribution in [1.82, 2.24) is 4.98 Å². The highest BCUT2D eigenvalue weighted by molar-refractivity contribution is 7.90. The van der Waals surface area contributed by atoms with E-state index in [0.717, 1.165) is 22.7 Å². The van der Waals surface area contributed by atoms with Crippen molar-refractivity contribution in [2.45, 2.75) is 25.3 Å². The third-order valence-corrected chi connectivity index (χ3v) is 7.18. The van der Waals surface area contributed by atoms with Crippen molar-refractivity contribution in [1.29, 1.82) is 0 Å². The van der Waals surface area contributed by atoms with Crippen molar-refractivity contribution in [3.8, 4) is 11.5 Å². The first-order chi connectivity index (χ1) is 17.6. The largest absolute Gasteiger partial charge is 0.497 e. The molecule has 0 aliphatic rings. The van der Waals surface area contributed by atoms with E-state index >= 15 is 0 Å². The molecule has 0 aliphatic carbocycles. The maximum absolute atomic E-state index is 14.1. The Hall–Kier alpha value is -3.53. The van der Waals surface area contributed by atoms with E-state index in [1.165, 1.54) is 19.2 Å². The van der Waals surface area contributed by atoms with Crippen LogP contribution in [-0.2, 0) is 9.84 Å². The van der Waals surface area contributed by atoms with Gasteiger partial charge < -0.3 is 24.9 Å². The molecule has 1 aromatic heterocycles. The van der Waals surface area contributed by atoms with Gasteiger partial charge in [0, 0.05) is 51.3 Å². The number of halogens is 1. The number of aryl methyl sites for hydroxylation is 1. The molecule has 4 aromatic rings. The van der Waals surface area contributed by atoms with Gasteiger partial charge in [0.25, 0.3) is 0 Å². The number of methoxy groups -OCH3 is 1. The van der Waals surface area contributed by atoms with E-state index in [1.807, 2.05) is 25.1 Å². The van der Waals surface area contributed by atoms with E-state index in [9.17, 15) is 18.3 Å². The summed E-state index contributed by atoms with van der Waals surface area (Å²) in [6.07, 6.45) is 2.75. The number of aromatic nitrogens is 1. The van der Waals surface area contributed by atoms with Crippen LogP contribution in [0.15, 0.2) is 65.7 Å². The Bertz CT molecular complexity index is 1570. The molecule has 0 bridgehead atoms. The smallest absolute Gasteiger partial charge is 0.191 e. The Kier molecular flexibility index (Phi) is 9.09. The number of rotatable bonds is 10. The van der Waals surface area contributed by atoms with Gasteiger partial charge >= 0.3 is 0 Å². The highest BCUT2D eigenvalue weighted by Crippen LogP contribution is 2.36. The first kappa shape index (κ1) is 29.0. The number of aromatic amines is 1. The third kappa shape index (κ3) is 6.30. The molecular formula is C28H31ClN2O6S. The fraction of sp³-hybridized carbons (Fsp3) is 0.250. The number of sulfone groups is 1. The van der Waals surface area contributed by atoms with Crippen molar-refractivity contribution < 1.29 is 27.8 Å². The second kappa shape index (κ2) is 11.9. The summed E-state index contributed by atoms with van der Waals surface area (Å²) in [6, 6.07) is 14.1. The average Bonchev–Trinajstić information content (AvgIpc) is 3.28. The van der Waals surface area contributed by atoms with E-state index in [2.05, 4.69) is 10.3 Å². The highest BCUT2D eigenvalue weighted by atomic mass is 35.5. The van der Waals surface area contributed by atoms with Gasteiger partial charge in [0.1, 0.15) is 24.1 Å². The van der Waals surface area contributed by atoms with Crippen LogP contribution in [0.2, 0.25) is 5.02 Å². The summed E-state index contributed by atoms with van der Waals surface area (Å²) >= 11 is 6.21. The van der Waals surface area contributed by atoms with Crippen LogP contribution in [-0.4, -0.2) is 50.9 Å². The number of fused-ring (bicyclic) bond motifs is 1. The first-order valence-corrected chi connectivity index (χ1v) is 13.7. The quantitative estimate of drug-likeness (QED) is 0.217. The van der Waals surface area contributed by atoms with Gasteiger partial charge in [-0.3, -0.25) is 4.79 Å². The molecule has 38 heavy (non-hydrogen) atoms. The number of nitrogens with one attached hydrogen (secondary N) is 2. The van der Waals surface area contributed by atoms with Crippen LogP contribution in [0.1, 0.15) is 35.0 Å². The molecule has 0 saturated carbocycles. The molecule has 10 heteroatoms. The number of carbonyl (C=O) groups is 1. The number of aliphatic hydroxyl groups excluding tert-OH is 1. The summed E-state index contributed by atoms with van der Waals surface area (Å²) in [6.45, 7) is 1.73. The van der Waals surface area contributed by atoms with E-state index < -0.39 is 15.9 Å². The SMILES string of the molecule is C.COc1cc(NC(C(=O)c2c[nH]c3cc(C)ccc23)c2ccc(Cl)cc2OCCO)cc(S(C)(=O)=O)c1. The van der Waals surface area contributed by atoms with Crippen LogP contribution in [0.4, 0.5) is 5.69 Å². The number of aliphatic hydroxyl groups is 1. The van der Waals surface area contributed by atoms with Gasteiger partial charge in [-0.1, -0.05) is 37.2 Å². The van der Waals surface area contributed by atoms with Crippen molar-refractivity contribution in [2.24, 2.45) is 0 Å². The van der Waals surface area contributed by atoms with Crippen molar-refractivity contribution >= 4 is 43.8 Å². The van der Waals surface area contributed by atoms with Crippen molar-refractivity contribution in [2.75, 3.05) is 31.9 Å². The molecule has 0 amide bonds. The molecule has 0 radical (unpaired) electrons. The van der Waals surface area contributed by atoms with Gasteiger partial charge in [0.05, 0.1) is 18.6 Å². The maximum atomic E-state index is 14.1. The fourth-order valence-electron chi connectivity index (χ4n) is 4.06. The zero-order valence-corrected chi connectivity index (χ0v) is 22.1. The zero-order chi connectivity index (χ0) is 26.7. The Morgan fingerprint density at radius 2 is 1.89 bits per heavy atom. The molecule has 0 spiro atoms. The molecule has 202 valence electrons. The normalized spacial score (nSPS) is 12.0. The molecule has 0 fully saturated rings. The van der Waals surface area contributed by atoms with E-state index in [-0.39, 0.29) is 31.3 Å². The summed E-state index contributed by atoms with van der Waals surface area (Å²) < 4.78 is 35.6. The molecule has 1 heterocycles. The van der Waals surface area contributed by atoms with E-state index in [0.29, 0.717) is 33.3 Å². The molecule has 8 nitrogen and oxygen atoms in total. The number of Topliss-reactive ketones (excluding diaryl/α,β-unsaturated/α-hetero) is 1. The number of hydrogen-bond donors (Lipinski definition) is 3. The Morgan fingerprint density at radius 3 is 2.58 bits per heavy atom. The van der Waals surface area contributed by atoms with Gasteiger partial charge in [-0.05, 0) is 42.8 Å². The number of hydrogen-bond acceptors (Lipinski definition) is 7. The lowest BCUT2D eigenvalue weighted by molar-refractivity contribution is 0.0969. The van der Waals surface area contributed by atoms with Gasteiger partial charge in [-0.15, -0.1) is 0 Å². The number of ketones is 1. The molecular weight excluding hydrogens is 528 g/mol. The topological polar surface area (TPSA) is 118 Å². The van der Waals surface area contributed by atoms with Gasteiger partial charge in [-0.2, -0.15) is 0 Å². The van der Waals surface area contributed by atoms with Crippen LogP contribution in [0.25, 0.3) is 10.9 Å². The average molecular weight is 559 g/mol. The number of carbonyl (C=O) groups excluding carboxylic acids is 1. The predicted molar refractivity (Wildman–Crippen MR) is 151 cm³/mol. The van der Waals surface area contributed by atoms with Crippen LogP contribution in [0.5, 0.6) is 11.5 Å². The van der Waals surface area contributed by atoms with Gasteiger partial charge in [0.15, 0.2) is 15.6 Å². The second-order valence-corrected chi connectivity index (χ2v) is 11.1. The van der Waals surface area contributed by atoms with Crippen LogP contribution >= 0.6 is 11.6 Å². The fourth-order valence-corrected chi connectivity index (χ4v) is 4.90. The molecule has 4 rings (SSSR count). The molecule has 0 saturated heterocycles. The molecule has 0 aliphatic heterocycles. The molecule has 3 aromatic carbocycles. The van der Waals surface area contributed by atoms with E-state index in [1.54, 1.807) is 30.5 Å². The van der Waals surface area contributed by atoms with Crippen LogP contribution in [0, 0.1) is 6.92 Å². The van der Waals surface area contributed by atoms with Crippen LogP contribution in [0.3, 0.4) is 0 Å². The monoisotopic (exact) mass is 558 g/mol. The van der Waals surface area contributed by atoms with Gasteiger partial charge in [-0.25, -0.2) is 8.42 Å². The minimum atomic E-state index is -3.56. The predicted octanol–water partition coefficient (Wildman–Crippen LogP) is 5.59. The summed E-state index contributed by atoms with van der Waals surface area (Å²) in [4.78, 5) is 17.3. The number of ether oxygens (including phenoxy) is 2. The Labute approximate surface area is 227 Å². The summed E-state index contributed by atoms with van der Waals surface area (Å²) in [5, 5.41) is 13.6. The van der Waals surface area contributed by atoms with Crippen molar-refractivity contribution in [3.63, 3.8) is 0 Å². The Morgan fingerprint density at radius 1 is 1.13 bits per heavy atom. The summed E-state index contributed by atoms with van der Waals surface area (Å²) in [5.74, 6) is 0.344. The first-order valence-electron chi connectivity index (χ1n) is 11.4. The lowest BCUT2D eigenvalue weighted by Crippen LogP contribution is -2.22. The summed E-state index contributed by atoms with van der Waals surface area (Å²) in [5.41, 5.74) is 3.13. The molecule has 3 N–H and O–H groups in total. The van der Waals surface area contributed by atoms with Gasteiger partial charge in [0.2, 0.25) is 0 Å². The lowest BCUT2D eigenvalue weighted by atomic mass is 9.95. The lowest BCUT2D eigenvalue weighted by Gasteiger charge is -2.23. The number of H-pyrrole nitrogens is 1. The van der Waals surface area contributed by atoms with Crippen molar-refractivity contribution in [3.05, 3.63) is 82.5 Å². The molecule has 1 atom stereocenters. The summed E-state index contributed by atoms with van der Waals surface area (Å²) in [7, 11) is -2.13. The van der Waals surface area contributed by atoms with E-state index in [4.69, 9.17) is 21.1 Å².